The lowest BCUT2D eigenvalue weighted by molar-refractivity contribution is -0.385. The smallest absolute Gasteiger partial charge is 0.275 e. The van der Waals surface area contributed by atoms with Crippen molar-refractivity contribution in [3.05, 3.63) is 38.3 Å². The zero-order valence-electron chi connectivity index (χ0n) is 11.1. The quantitative estimate of drug-likeness (QED) is 0.595. The fourth-order valence-electron chi connectivity index (χ4n) is 1.80. The van der Waals surface area contributed by atoms with Crippen LogP contribution in [0.2, 0.25) is 0 Å². The average molecular weight is 331 g/mol. The summed E-state index contributed by atoms with van der Waals surface area (Å²) in [5, 5.41) is 23.4. The summed E-state index contributed by atoms with van der Waals surface area (Å²) >= 11 is 3.24. The van der Waals surface area contributed by atoms with Crippen molar-refractivity contribution in [2.45, 2.75) is 38.8 Å². The normalized spacial score (nSPS) is 14.1. The van der Waals surface area contributed by atoms with Gasteiger partial charge < -0.3 is 10.4 Å². The minimum atomic E-state index is -0.378. The molecule has 5 nitrogen and oxygen atoms in total. The highest BCUT2D eigenvalue weighted by atomic mass is 79.9. The van der Waals surface area contributed by atoms with Gasteiger partial charge in [-0.2, -0.15) is 0 Å². The molecule has 1 aromatic carbocycles. The molecule has 0 amide bonds. The van der Waals surface area contributed by atoms with Crippen LogP contribution in [0.4, 0.5) is 5.69 Å². The maximum atomic E-state index is 11.0. The van der Waals surface area contributed by atoms with E-state index in [1.54, 1.807) is 12.1 Å². The largest absolute Gasteiger partial charge is 0.396 e. The Labute approximate surface area is 121 Å². The lowest BCUT2D eigenvalue weighted by Gasteiger charge is -2.29. The highest BCUT2D eigenvalue weighted by Crippen LogP contribution is 2.24. The molecule has 0 saturated heterocycles. The van der Waals surface area contributed by atoms with E-state index in [-0.39, 0.29) is 22.8 Å². The Balaban J connectivity index is 2.85. The Morgan fingerprint density at radius 3 is 2.74 bits per heavy atom. The van der Waals surface area contributed by atoms with Gasteiger partial charge in [-0.3, -0.25) is 10.1 Å². The second-order valence-electron chi connectivity index (χ2n) is 4.77. The van der Waals surface area contributed by atoms with Gasteiger partial charge in [0.25, 0.3) is 5.69 Å². The molecule has 1 aromatic rings. The molecule has 0 spiro atoms. The van der Waals surface area contributed by atoms with Crippen LogP contribution in [0.3, 0.4) is 0 Å². The molecule has 0 fully saturated rings. The van der Waals surface area contributed by atoms with E-state index in [1.807, 2.05) is 13.8 Å². The molecule has 2 N–H and O–H groups in total. The first-order chi connectivity index (χ1) is 8.91. The standard InChI is InChI=1S/C13H19BrN2O3/c1-3-13(2,6-7-17)15-9-10-4-5-11(14)8-12(10)16(18)19/h4-5,8,15,17H,3,6-7,9H2,1-2H3. The number of nitro benzene ring substituents is 1. The van der Waals surface area contributed by atoms with Gasteiger partial charge in [0.15, 0.2) is 0 Å². The number of aliphatic hydroxyl groups excluding tert-OH is 1. The monoisotopic (exact) mass is 330 g/mol. The van der Waals surface area contributed by atoms with Crippen molar-refractivity contribution >= 4 is 21.6 Å². The summed E-state index contributed by atoms with van der Waals surface area (Å²) in [5.41, 5.74) is 0.533. The number of nitro groups is 1. The number of aliphatic hydroxyl groups is 1. The highest BCUT2D eigenvalue weighted by molar-refractivity contribution is 9.10. The van der Waals surface area contributed by atoms with Gasteiger partial charge in [-0.15, -0.1) is 0 Å². The molecular formula is C13H19BrN2O3. The molecule has 0 aliphatic rings. The lowest BCUT2D eigenvalue weighted by atomic mass is 9.94. The topological polar surface area (TPSA) is 75.4 Å². The number of hydrogen-bond donors (Lipinski definition) is 2. The van der Waals surface area contributed by atoms with Crippen molar-refractivity contribution in [1.29, 1.82) is 0 Å². The van der Waals surface area contributed by atoms with Crippen LogP contribution in [0.25, 0.3) is 0 Å². The first-order valence-electron chi connectivity index (χ1n) is 6.20. The Morgan fingerprint density at radius 2 is 2.21 bits per heavy atom. The first kappa shape index (κ1) is 16.1. The van der Waals surface area contributed by atoms with Gasteiger partial charge in [-0.05, 0) is 31.9 Å². The molecule has 0 aromatic heterocycles. The average Bonchev–Trinajstić information content (AvgIpc) is 2.37. The molecule has 0 aliphatic carbocycles. The minimum absolute atomic E-state index is 0.0970. The molecule has 0 bridgehead atoms. The summed E-state index contributed by atoms with van der Waals surface area (Å²) in [6, 6.07) is 5.04. The molecule has 0 radical (unpaired) electrons. The molecule has 1 unspecified atom stereocenters. The Bertz CT molecular complexity index is 454. The maximum Gasteiger partial charge on any atom is 0.275 e. The third kappa shape index (κ3) is 4.56. The lowest BCUT2D eigenvalue weighted by Crippen LogP contribution is -2.42. The van der Waals surface area contributed by atoms with Crippen molar-refractivity contribution in [3.8, 4) is 0 Å². The molecule has 19 heavy (non-hydrogen) atoms. The predicted molar refractivity (Wildman–Crippen MR) is 78.0 cm³/mol. The van der Waals surface area contributed by atoms with E-state index in [0.29, 0.717) is 23.0 Å². The van der Waals surface area contributed by atoms with Gasteiger partial charge in [0.2, 0.25) is 0 Å². The molecular weight excluding hydrogens is 312 g/mol. The summed E-state index contributed by atoms with van der Waals surface area (Å²) in [6.45, 7) is 4.54. The summed E-state index contributed by atoms with van der Waals surface area (Å²) < 4.78 is 0.691. The molecule has 0 saturated carbocycles. The van der Waals surface area contributed by atoms with Gasteiger partial charge in [0.1, 0.15) is 0 Å². The molecule has 0 heterocycles. The van der Waals surface area contributed by atoms with E-state index < -0.39 is 0 Å². The van der Waals surface area contributed by atoms with Crippen LogP contribution < -0.4 is 5.32 Å². The van der Waals surface area contributed by atoms with Crippen LogP contribution in [-0.4, -0.2) is 22.2 Å². The van der Waals surface area contributed by atoms with E-state index in [0.717, 1.165) is 6.42 Å². The summed E-state index contributed by atoms with van der Waals surface area (Å²) in [6.07, 6.45) is 1.46. The van der Waals surface area contributed by atoms with E-state index >= 15 is 0 Å². The van der Waals surface area contributed by atoms with E-state index in [1.165, 1.54) is 6.07 Å². The van der Waals surface area contributed by atoms with Crippen molar-refractivity contribution < 1.29 is 10.0 Å². The van der Waals surface area contributed by atoms with Gasteiger partial charge >= 0.3 is 0 Å². The van der Waals surface area contributed by atoms with Crippen molar-refractivity contribution in [2.24, 2.45) is 0 Å². The van der Waals surface area contributed by atoms with Crippen LogP contribution in [0.1, 0.15) is 32.3 Å². The zero-order chi connectivity index (χ0) is 14.5. The SMILES string of the molecule is CCC(C)(CCO)NCc1ccc(Br)cc1[N+](=O)[O-]. The molecule has 106 valence electrons. The molecule has 6 heteroatoms. The van der Waals surface area contributed by atoms with Crippen LogP contribution >= 0.6 is 15.9 Å². The fourth-order valence-corrected chi connectivity index (χ4v) is 2.15. The van der Waals surface area contributed by atoms with Gasteiger partial charge in [0.05, 0.1) is 4.92 Å². The third-order valence-corrected chi connectivity index (χ3v) is 3.89. The molecule has 1 atom stereocenters. The second kappa shape index (κ2) is 6.98. The van der Waals surface area contributed by atoms with E-state index in [4.69, 9.17) is 5.11 Å². The first-order valence-corrected chi connectivity index (χ1v) is 7.00. The van der Waals surface area contributed by atoms with Crippen LogP contribution in [0.15, 0.2) is 22.7 Å². The van der Waals surface area contributed by atoms with E-state index in [9.17, 15) is 10.1 Å². The number of halogens is 1. The van der Waals surface area contributed by atoms with Crippen LogP contribution in [0, 0.1) is 10.1 Å². The zero-order valence-corrected chi connectivity index (χ0v) is 12.7. The van der Waals surface area contributed by atoms with Gasteiger partial charge in [-0.1, -0.05) is 22.9 Å². The number of hydrogen-bond acceptors (Lipinski definition) is 4. The number of nitrogens with zero attached hydrogens (tertiary/aromatic N) is 1. The van der Waals surface area contributed by atoms with Gasteiger partial charge in [0, 0.05) is 34.8 Å². The van der Waals surface area contributed by atoms with E-state index in [2.05, 4.69) is 21.2 Å². The Hall–Kier alpha value is -0.980. The molecule has 1 rings (SSSR count). The summed E-state index contributed by atoms with van der Waals surface area (Å²) in [7, 11) is 0. The van der Waals surface area contributed by atoms with Crippen LogP contribution in [0.5, 0.6) is 0 Å². The minimum Gasteiger partial charge on any atom is -0.396 e. The fraction of sp³-hybridized carbons (Fsp3) is 0.538. The van der Waals surface area contributed by atoms with Crippen molar-refractivity contribution in [2.75, 3.05) is 6.61 Å². The summed E-state index contributed by atoms with van der Waals surface area (Å²) in [5.74, 6) is 0. The number of nitrogens with one attached hydrogen (secondary N) is 1. The van der Waals surface area contributed by atoms with Crippen molar-refractivity contribution in [1.82, 2.24) is 5.32 Å². The predicted octanol–water partition coefficient (Wildman–Crippen LogP) is 3.00. The number of benzene rings is 1. The van der Waals surface area contributed by atoms with Crippen LogP contribution in [-0.2, 0) is 6.54 Å². The third-order valence-electron chi connectivity index (χ3n) is 3.39. The maximum absolute atomic E-state index is 11.0. The number of rotatable bonds is 7. The highest BCUT2D eigenvalue weighted by Gasteiger charge is 2.22. The second-order valence-corrected chi connectivity index (χ2v) is 5.69. The Morgan fingerprint density at radius 1 is 1.53 bits per heavy atom. The summed E-state index contributed by atoms with van der Waals surface area (Å²) in [4.78, 5) is 10.6. The van der Waals surface area contributed by atoms with Gasteiger partial charge in [-0.25, -0.2) is 0 Å². The van der Waals surface area contributed by atoms with Crippen molar-refractivity contribution in [3.63, 3.8) is 0 Å². The Kier molecular flexibility index (Phi) is 5.90. The molecule has 0 aliphatic heterocycles.